The molecule has 0 aromatic heterocycles. The van der Waals surface area contributed by atoms with Crippen molar-refractivity contribution in [3.63, 3.8) is 0 Å². The third-order valence-electron chi connectivity index (χ3n) is 2.80. The molecule has 2 atom stereocenters. The van der Waals surface area contributed by atoms with Gasteiger partial charge in [-0.2, -0.15) is 0 Å². The molecule has 0 aliphatic heterocycles. The van der Waals surface area contributed by atoms with E-state index in [9.17, 15) is 4.79 Å². The fraction of sp³-hybridized carbons (Fsp3) is 0.923. The van der Waals surface area contributed by atoms with Crippen LogP contribution in [0.3, 0.4) is 0 Å². The van der Waals surface area contributed by atoms with Gasteiger partial charge in [0.25, 0.3) is 0 Å². The Morgan fingerprint density at radius 3 is 2.25 bits per heavy atom. The summed E-state index contributed by atoms with van der Waals surface area (Å²) < 4.78 is 0. The Labute approximate surface area is 101 Å². The molecule has 0 fully saturated rings. The zero-order chi connectivity index (χ0) is 12.7. The molecule has 1 N–H and O–H groups in total. The summed E-state index contributed by atoms with van der Waals surface area (Å²) in [4.78, 5) is 14.0. The number of nitrogens with zero attached hydrogens (tertiary/aromatic N) is 1. The second-order valence-electron chi connectivity index (χ2n) is 5.21. The first kappa shape index (κ1) is 15.4. The Kier molecular flexibility index (Phi) is 7.39. The molecular formula is C13H28N2O. The van der Waals surface area contributed by atoms with E-state index in [1.807, 2.05) is 14.0 Å². The standard InChI is InChI=1S/C13H28N2O/c1-7-8-11(4)14-13(16)12(5)15(6)9-10(2)3/h10-12H,7-9H2,1-6H3,(H,14,16)/t11-,12-/m1/s1. The van der Waals surface area contributed by atoms with Crippen molar-refractivity contribution >= 4 is 5.91 Å². The smallest absolute Gasteiger partial charge is 0.237 e. The number of nitrogens with one attached hydrogen (secondary N) is 1. The number of rotatable bonds is 7. The highest BCUT2D eigenvalue weighted by atomic mass is 16.2. The monoisotopic (exact) mass is 228 g/mol. The van der Waals surface area contributed by atoms with Gasteiger partial charge in [-0.25, -0.2) is 0 Å². The largest absolute Gasteiger partial charge is 0.352 e. The molecule has 16 heavy (non-hydrogen) atoms. The Morgan fingerprint density at radius 1 is 1.25 bits per heavy atom. The predicted octanol–water partition coefficient (Wildman–Crippen LogP) is 2.27. The molecule has 0 radical (unpaired) electrons. The van der Waals surface area contributed by atoms with E-state index in [1.165, 1.54) is 0 Å². The summed E-state index contributed by atoms with van der Waals surface area (Å²) in [6.45, 7) is 11.5. The van der Waals surface area contributed by atoms with Crippen molar-refractivity contribution in [2.45, 2.75) is 59.5 Å². The van der Waals surface area contributed by atoms with Gasteiger partial charge in [-0.05, 0) is 33.2 Å². The SMILES string of the molecule is CCC[C@@H](C)NC(=O)[C@@H](C)N(C)CC(C)C. The Balaban J connectivity index is 4.06. The van der Waals surface area contributed by atoms with Crippen LogP contribution >= 0.6 is 0 Å². The Hall–Kier alpha value is -0.570. The molecule has 0 aromatic carbocycles. The molecule has 0 heterocycles. The lowest BCUT2D eigenvalue weighted by molar-refractivity contribution is -0.126. The molecule has 0 bridgehead atoms. The van der Waals surface area contributed by atoms with E-state index in [2.05, 4.69) is 37.9 Å². The van der Waals surface area contributed by atoms with Crippen LogP contribution in [-0.4, -0.2) is 36.5 Å². The third-order valence-corrected chi connectivity index (χ3v) is 2.80. The second-order valence-corrected chi connectivity index (χ2v) is 5.21. The maximum atomic E-state index is 11.9. The first-order valence-electron chi connectivity index (χ1n) is 6.39. The minimum Gasteiger partial charge on any atom is -0.352 e. The summed E-state index contributed by atoms with van der Waals surface area (Å²) in [7, 11) is 2.01. The molecule has 3 heteroatoms. The maximum absolute atomic E-state index is 11.9. The predicted molar refractivity (Wildman–Crippen MR) is 69.4 cm³/mol. The summed E-state index contributed by atoms with van der Waals surface area (Å²) in [5.41, 5.74) is 0. The average molecular weight is 228 g/mol. The fourth-order valence-corrected chi connectivity index (χ4v) is 1.80. The number of amides is 1. The van der Waals surface area contributed by atoms with Crippen LogP contribution in [0.1, 0.15) is 47.5 Å². The molecule has 0 rings (SSSR count). The van der Waals surface area contributed by atoms with Crippen molar-refractivity contribution in [2.75, 3.05) is 13.6 Å². The molecule has 96 valence electrons. The van der Waals surface area contributed by atoms with Gasteiger partial charge in [0.15, 0.2) is 0 Å². The third kappa shape index (κ3) is 6.11. The van der Waals surface area contributed by atoms with Crippen LogP contribution < -0.4 is 5.32 Å². The normalized spacial score (nSPS) is 15.2. The van der Waals surface area contributed by atoms with E-state index in [4.69, 9.17) is 0 Å². The molecule has 0 unspecified atom stereocenters. The van der Waals surface area contributed by atoms with Gasteiger partial charge < -0.3 is 5.32 Å². The lowest BCUT2D eigenvalue weighted by Crippen LogP contribution is -2.47. The van der Waals surface area contributed by atoms with Gasteiger partial charge in [-0.15, -0.1) is 0 Å². The van der Waals surface area contributed by atoms with Crippen LogP contribution in [-0.2, 0) is 4.79 Å². The number of hydrogen-bond donors (Lipinski definition) is 1. The van der Waals surface area contributed by atoms with Crippen molar-refractivity contribution in [1.29, 1.82) is 0 Å². The van der Waals surface area contributed by atoms with Crippen LogP contribution in [0.4, 0.5) is 0 Å². The molecule has 0 aliphatic rings. The Bertz CT molecular complexity index is 204. The highest BCUT2D eigenvalue weighted by Crippen LogP contribution is 2.03. The Morgan fingerprint density at radius 2 is 1.81 bits per heavy atom. The minimum atomic E-state index is -0.0401. The molecule has 0 saturated carbocycles. The van der Waals surface area contributed by atoms with E-state index in [0.29, 0.717) is 5.92 Å². The van der Waals surface area contributed by atoms with Crippen LogP contribution in [0, 0.1) is 5.92 Å². The van der Waals surface area contributed by atoms with Gasteiger partial charge in [0, 0.05) is 12.6 Å². The fourth-order valence-electron chi connectivity index (χ4n) is 1.80. The zero-order valence-electron chi connectivity index (χ0n) is 11.7. The van der Waals surface area contributed by atoms with Crippen LogP contribution in [0.5, 0.6) is 0 Å². The quantitative estimate of drug-likeness (QED) is 0.725. The molecular weight excluding hydrogens is 200 g/mol. The summed E-state index contributed by atoms with van der Waals surface area (Å²) in [5.74, 6) is 0.734. The van der Waals surface area contributed by atoms with Gasteiger partial charge >= 0.3 is 0 Å². The zero-order valence-corrected chi connectivity index (χ0v) is 11.7. The highest BCUT2D eigenvalue weighted by molar-refractivity contribution is 5.81. The molecule has 3 nitrogen and oxygen atoms in total. The number of hydrogen-bond acceptors (Lipinski definition) is 2. The van der Waals surface area contributed by atoms with E-state index < -0.39 is 0 Å². The maximum Gasteiger partial charge on any atom is 0.237 e. The summed E-state index contributed by atoms with van der Waals surface area (Å²) in [5, 5.41) is 3.05. The van der Waals surface area contributed by atoms with Crippen molar-refractivity contribution in [3.8, 4) is 0 Å². The number of likely N-dealkylation sites (N-methyl/N-ethyl adjacent to an activating group) is 1. The molecule has 1 amide bonds. The van der Waals surface area contributed by atoms with E-state index in [-0.39, 0.29) is 18.0 Å². The average Bonchev–Trinajstić information content (AvgIpc) is 2.15. The van der Waals surface area contributed by atoms with Crippen LogP contribution in [0.2, 0.25) is 0 Å². The van der Waals surface area contributed by atoms with Gasteiger partial charge in [0.2, 0.25) is 5.91 Å². The van der Waals surface area contributed by atoms with Gasteiger partial charge in [0.05, 0.1) is 6.04 Å². The van der Waals surface area contributed by atoms with Gasteiger partial charge in [-0.3, -0.25) is 9.69 Å². The van der Waals surface area contributed by atoms with E-state index in [0.717, 1.165) is 19.4 Å². The van der Waals surface area contributed by atoms with E-state index in [1.54, 1.807) is 0 Å². The lowest BCUT2D eigenvalue weighted by Gasteiger charge is -2.26. The molecule has 0 aromatic rings. The van der Waals surface area contributed by atoms with Crippen LogP contribution in [0.25, 0.3) is 0 Å². The molecule has 0 aliphatic carbocycles. The number of carbonyl (C=O) groups is 1. The molecule has 0 spiro atoms. The minimum absolute atomic E-state index is 0.0401. The topological polar surface area (TPSA) is 32.3 Å². The first-order chi connectivity index (χ1) is 7.38. The van der Waals surface area contributed by atoms with Crippen molar-refractivity contribution in [1.82, 2.24) is 10.2 Å². The summed E-state index contributed by atoms with van der Waals surface area (Å²) >= 11 is 0. The van der Waals surface area contributed by atoms with Crippen molar-refractivity contribution < 1.29 is 4.79 Å². The van der Waals surface area contributed by atoms with E-state index >= 15 is 0 Å². The second kappa shape index (κ2) is 7.66. The summed E-state index contributed by atoms with van der Waals surface area (Å²) in [6.07, 6.45) is 2.16. The highest BCUT2D eigenvalue weighted by Gasteiger charge is 2.19. The van der Waals surface area contributed by atoms with Crippen molar-refractivity contribution in [2.24, 2.45) is 5.92 Å². The number of carbonyl (C=O) groups excluding carboxylic acids is 1. The molecule has 0 saturated heterocycles. The van der Waals surface area contributed by atoms with Crippen LogP contribution in [0.15, 0.2) is 0 Å². The van der Waals surface area contributed by atoms with Crippen molar-refractivity contribution in [3.05, 3.63) is 0 Å². The summed E-state index contributed by atoms with van der Waals surface area (Å²) in [6, 6.07) is 0.245. The lowest BCUT2D eigenvalue weighted by atomic mass is 10.1. The first-order valence-corrected chi connectivity index (χ1v) is 6.39. The van der Waals surface area contributed by atoms with Gasteiger partial charge in [-0.1, -0.05) is 27.2 Å². The van der Waals surface area contributed by atoms with Gasteiger partial charge in [0.1, 0.15) is 0 Å².